The van der Waals surface area contributed by atoms with E-state index < -0.39 is 54.5 Å². The molecule has 0 saturated carbocycles. The van der Waals surface area contributed by atoms with E-state index in [-0.39, 0.29) is 18.8 Å². The van der Waals surface area contributed by atoms with Gasteiger partial charge in [0.25, 0.3) is 0 Å². The molecule has 0 bridgehead atoms. The molecule has 0 spiro atoms. The first-order valence-corrected chi connectivity index (χ1v) is 12.6. The van der Waals surface area contributed by atoms with Gasteiger partial charge in [-0.25, -0.2) is 4.79 Å². The fourth-order valence-corrected chi connectivity index (χ4v) is 3.62. The first-order chi connectivity index (χ1) is 16.1. The number of carbonyl (C=O) groups is 4. The van der Waals surface area contributed by atoms with Gasteiger partial charge in [0.05, 0.1) is 12.6 Å². The summed E-state index contributed by atoms with van der Waals surface area (Å²) >= 11 is 1.46. The van der Waals surface area contributed by atoms with Gasteiger partial charge >= 0.3 is 5.97 Å². The Morgan fingerprint density at radius 2 is 1.59 bits per heavy atom. The van der Waals surface area contributed by atoms with Gasteiger partial charge in [-0.1, -0.05) is 50.6 Å². The van der Waals surface area contributed by atoms with Crippen molar-refractivity contribution in [3.63, 3.8) is 0 Å². The van der Waals surface area contributed by atoms with Crippen LogP contribution in [0.25, 0.3) is 0 Å². The minimum Gasteiger partial charge on any atom is -0.480 e. The maximum absolute atomic E-state index is 12.8. The van der Waals surface area contributed by atoms with Gasteiger partial charge < -0.3 is 31.9 Å². The zero-order valence-corrected chi connectivity index (χ0v) is 20.6. The second-order valence-electron chi connectivity index (χ2n) is 8.09. The van der Waals surface area contributed by atoms with Gasteiger partial charge in [-0.3, -0.25) is 14.4 Å². The fraction of sp³-hybridized carbons (Fsp3) is 0.565. The highest BCUT2D eigenvalue weighted by Crippen LogP contribution is 2.10. The molecule has 0 aliphatic heterocycles. The van der Waals surface area contributed by atoms with Gasteiger partial charge in [0.2, 0.25) is 17.7 Å². The standard InChI is InChI=1S/C23H36N4O6S/c1-4-14(2)19(23(32)33)27-21(30)17(10-11-34-3)25-22(31)18(13-28)26-20(29)16(24)12-15-8-6-5-7-9-15/h5-9,14,16-19,28H,4,10-13,24H2,1-3H3,(H,25,31)(H,26,29)(H,27,30)(H,32,33). The van der Waals surface area contributed by atoms with Crippen LogP contribution in [0.4, 0.5) is 0 Å². The van der Waals surface area contributed by atoms with E-state index in [1.807, 2.05) is 43.5 Å². The molecule has 0 heterocycles. The van der Waals surface area contributed by atoms with Crippen LogP contribution in [-0.4, -0.2) is 76.7 Å². The summed E-state index contributed by atoms with van der Waals surface area (Å²) in [6.07, 6.45) is 2.87. The summed E-state index contributed by atoms with van der Waals surface area (Å²) in [5.74, 6) is -2.97. The van der Waals surface area contributed by atoms with E-state index in [1.54, 1.807) is 6.92 Å². The van der Waals surface area contributed by atoms with Crippen molar-refractivity contribution in [3.05, 3.63) is 35.9 Å². The third kappa shape index (κ3) is 9.70. The maximum atomic E-state index is 12.8. The number of thioether (sulfide) groups is 1. The SMILES string of the molecule is CCC(C)C(NC(=O)C(CCSC)NC(=O)C(CO)NC(=O)C(N)Cc1ccccc1)C(=O)O. The number of aliphatic hydroxyl groups is 1. The lowest BCUT2D eigenvalue weighted by Gasteiger charge is -2.26. The predicted octanol–water partition coefficient (Wildman–Crippen LogP) is -0.113. The van der Waals surface area contributed by atoms with E-state index in [2.05, 4.69) is 16.0 Å². The molecule has 34 heavy (non-hydrogen) atoms. The molecule has 7 N–H and O–H groups in total. The second kappa shape index (κ2) is 15.3. The van der Waals surface area contributed by atoms with Crippen molar-refractivity contribution in [2.45, 2.75) is 57.3 Å². The van der Waals surface area contributed by atoms with Crippen molar-refractivity contribution in [3.8, 4) is 0 Å². The summed E-state index contributed by atoms with van der Waals surface area (Å²) in [6, 6.07) is 4.73. The van der Waals surface area contributed by atoms with Crippen molar-refractivity contribution in [2.75, 3.05) is 18.6 Å². The summed E-state index contributed by atoms with van der Waals surface area (Å²) in [4.78, 5) is 49.6. The number of aliphatic carboxylic acids is 1. The van der Waals surface area contributed by atoms with Gasteiger partial charge in [0.15, 0.2) is 0 Å². The average molecular weight is 497 g/mol. The molecule has 0 aromatic heterocycles. The maximum Gasteiger partial charge on any atom is 0.326 e. The van der Waals surface area contributed by atoms with E-state index in [9.17, 15) is 29.4 Å². The van der Waals surface area contributed by atoms with Crippen molar-refractivity contribution in [1.29, 1.82) is 0 Å². The average Bonchev–Trinajstić information content (AvgIpc) is 2.82. The molecule has 1 aromatic carbocycles. The predicted molar refractivity (Wildman–Crippen MR) is 131 cm³/mol. The van der Waals surface area contributed by atoms with Gasteiger partial charge in [-0.05, 0) is 36.3 Å². The van der Waals surface area contributed by atoms with E-state index in [4.69, 9.17) is 5.73 Å². The van der Waals surface area contributed by atoms with Crippen LogP contribution in [0, 0.1) is 5.92 Å². The van der Waals surface area contributed by atoms with Gasteiger partial charge in [-0.15, -0.1) is 0 Å². The highest BCUT2D eigenvalue weighted by atomic mass is 32.2. The third-order valence-electron chi connectivity index (χ3n) is 5.47. The number of carboxylic acid groups (broad SMARTS) is 1. The van der Waals surface area contributed by atoms with Crippen LogP contribution in [0.5, 0.6) is 0 Å². The Morgan fingerprint density at radius 1 is 1.00 bits per heavy atom. The molecule has 1 rings (SSSR count). The smallest absolute Gasteiger partial charge is 0.326 e. The normalized spacial score (nSPS) is 15.3. The Balaban J connectivity index is 2.83. The Bertz CT molecular complexity index is 810. The number of nitrogens with one attached hydrogen (secondary N) is 3. The number of hydrogen-bond donors (Lipinski definition) is 6. The number of carbonyl (C=O) groups excluding carboxylic acids is 3. The summed E-state index contributed by atoms with van der Waals surface area (Å²) in [5, 5.41) is 26.6. The first kappa shape index (κ1) is 29.4. The number of carboxylic acids is 1. The molecular formula is C23H36N4O6S. The van der Waals surface area contributed by atoms with E-state index >= 15 is 0 Å². The molecule has 0 radical (unpaired) electrons. The first-order valence-electron chi connectivity index (χ1n) is 11.2. The van der Waals surface area contributed by atoms with E-state index in [0.717, 1.165) is 5.56 Å². The Labute approximate surface area is 204 Å². The van der Waals surface area contributed by atoms with Crippen LogP contribution in [0.15, 0.2) is 30.3 Å². The van der Waals surface area contributed by atoms with Gasteiger partial charge in [0, 0.05) is 0 Å². The Kier molecular flexibility index (Phi) is 13.2. The molecular weight excluding hydrogens is 460 g/mol. The highest BCUT2D eigenvalue weighted by molar-refractivity contribution is 7.98. The molecule has 1 aromatic rings. The fourth-order valence-electron chi connectivity index (χ4n) is 3.15. The molecule has 10 nitrogen and oxygen atoms in total. The lowest BCUT2D eigenvalue weighted by atomic mass is 9.98. The van der Waals surface area contributed by atoms with Crippen molar-refractivity contribution in [1.82, 2.24) is 16.0 Å². The van der Waals surface area contributed by atoms with Crippen LogP contribution >= 0.6 is 11.8 Å². The Hall–Kier alpha value is -2.63. The zero-order valence-electron chi connectivity index (χ0n) is 19.8. The number of nitrogens with two attached hydrogens (primary N) is 1. The topological polar surface area (TPSA) is 171 Å². The van der Waals surface area contributed by atoms with E-state index in [1.165, 1.54) is 11.8 Å². The van der Waals surface area contributed by atoms with Gasteiger partial charge in [0.1, 0.15) is 18.1 Å². The molecule has 0 saturated heterocycles. The molecule has 11 heteroatoms. The highest BCUT2D eigenvalue weighted by Gasteiger charge is 2.31. The number of aliphatic hydroxyl groups excluding tert-OH is 1. The largest absolute Gasteiger partial charge is 0.480 e. The summed E-state index contributed by atoms with van der Waals surface area (Å²) in [5.41, 5.74) is 6.79. The lowest BCUT2D eigenvalue weighted by molar-refractivity contribution is -0.143. The molecule has 5 atom stereocenters. The van der Waals surface area contributed by atoms with Crippen molar-refractivity contribution in [2.24, 2.45) is 11.7 Å². The van der Waals surface area contributed by atoms with E-state index in [0.29, 0.717) is 12.2 Å². The summed E-state index contributed by atoms with van der Waals surface area (Å²) in [7, 11) is 0. The minimum atomic E-state index is -1.32. The number of amides is 3. The van der Waals surface area contributed by atoms with Crippen LogP contribution in [0.3, 0.4) is 0 Å². The number of hydrogen-bond acceptors (Lipinski definition) is 7. The molecule has 5 unspecified atom stereocenters. The van der Waals surface area contributed by atoms with Crippen molar-refractivity contribution >= 4 is 35.5 Å². The zero-order chi connectivity index (χ0) is 25.7. The molecule has 3 amide bonds. The van der Waals surface area contributed by atoms with Crippen molar-refractivity contribution < 1.29 is 29.4 Å². The molecule has 190 valence electrons. The van der Waals surface area contributed by atoms with Gasteiger partial charge in [-0.2, -0.15) is 11.8 Å². The molecule has 0 fully saturated rings. The second-order valence-corrected chi connectivity index (χ2v) is 9.08. The van der Waals surface area contributed by atoms with Crippen LogP contribution in [0.1, 0.15) is 32.3 Å². The molecule has 0 aliphatic rings. The monoisotopic (exact) mass is 496 g/mol. The third-order valence-corrected chi connectivity index (χ3v) is 6.12. The van der Waals surface area contributed by atoms with Crippen LogP contribution in [-0.2, 0) is 25.6 Å². The van der Waals surface area contributed by atoms with Crippen LogP contribution in [0.2, 0.25) is 0 Å². The summed E-state index contributed by atoms with van der Waals surface area (Å²) in [6.45, 7) is 2.83. The van der Waals surface area contributed by atoms with Crippen LogP contribution < -0.4 is 21.7 Å². The molecule has 0 aliphatic carbocycles. The number of rotatable bonds is 15. The summed E-state index contributed by atoms with van der Waals surface area (Å²) < 4.78 is 0. The quantitative estimate of drug-likeness (QED) is 0.195. The number of benzene rings is 1. The Morgan fingerprint density at radius 3 is 2.12 bits per heavy atom. The minimum absolute atomic E-state index is 0.241. The lowest BCUT2D eigenvalue weighted by Crippen LogP contribution is -2.58.